The van der Waals surface area contributed by atoms with Crippen LogP contribution in [0.4, 0.5) is 9.59 Å². The Kier molecular flexibility index (Phi) is 37.5. The molecule has 0 bridgehead atoms. The van der Waals surface area contributed by atoms with E-state index in [1.807, 2.05) is 112 Å². The summed E-state index contributed by atoms with van der Waals surface area (Å²) >= 11 is 0. The quantitative estimate of drug-likeness (QED) is 0.0636. The van der Waals surface area contributed by atoms with Gasteiger partial charge in [-0.2, -0.15) is 0 Å². The predicted octanol–water partition coefficient (Wildman–Crippen LogP) is 1.58. The third kappa shape index (κ3) is 29.5. The summed E-state index contributed by atoms with van der Waals surface area (Å²) in [7, 11) is 7.81. The van der Waals surface area contributed by atoms with Gasteiger partial charge in [-0.15, -0.1) is 0 Å². The van der Waals surface area contributed by atoms with Crippen molar-refractivity contribution in [3.63, 3.8) is 0 Å². The largest absolute Gasteiger partial charge is 0.468 e. The molecule has 8 rings (SSSR count). The van der Waals surface area contributed by atoms with E-state index >= 15 is 0 Å². The molecule has 34 heteroatoms. The minimum absolute atomic E-state index is 0.00409. The molecule has 4 heterocycles. The number of amides is 2. The first-order chi connectivity index (χ1) is 54.0. The number of carbonyl (C=O) groups excluding carboxylic acids is 12. The van der Waals surface area contributed by atoms with Gasteiger partial charge in [-0.25, -0.2) is 19.2 Å². The molecule has 0 saturated carbocycles. The van der Waals surface area contributed by atoms with Crippen LogP contribution in [0.2, 0.25) is 0 Å². The van der Waals surface area contributed by atoms with E-state index in [1.54, 1.807) is 48.5 Å². The summed E-state index contributed by atoms with van der Waals surface area (Å²) in [6.07, 6.45) is -3.76. The van der Waals surface area contributed by atoms with Crippen molar-refractivity contribution < 1.29 is 114 Å². The molecule has 4 aromatic carbocycles. The maximum atomic E-state index is 14.3. The fourth-order valence-electron chi connectivity index (χ4n) is 13.3. The molecular weight excluding hydrogens is 1460 g/mol. The van der Waals surface area contributed by atoms with E-state index in [0.29, 0.717) is 65.4 Å². The molecule has 0 N–H and O–H groups in total. The summed E-state index contributed by atoms with van der Waals surface area (Å²) in [4.78, 5) is 174. The molecule has 612 valence electrons. The highest BCUT2D eigenvalue weighted by molar-refractivity contribution is 5.85. The topological polar surface area (TPSA) is 348 Å². The van der Waals surface area contributed by atoms with Crippen LogP contribution in [0.5, 0.6) is 0 Å². The zero-order valence-corrected chi connectivity index (χ0v) is 65.1. The normalized spacial score (nSPS) is 20.5. The van der Waals surface area contributed by atoms with E-state index < -0.39 is 108 Å². The maximum Gasteiger partial charge on any atom is 0.411 e. The molecule has 4 saturated heterocycles. The van der Waals surface area contributed by atoms with Gasteiger partial charge < -0.3 is 56.8 Å². The zero-order valence-electron chi connectivity index (χ0n) is 65.1. The molecule has 34 nitrogen and oxygen atoms in total. The smallest absolute Gasteiger partial charge is 0.411 e. The Morgan fingerprint density at radius 1 is 0.312 bits per heavy atom. The molecule has 2 amide bonds. The number of benzene rings is 4. The Balaban J connectivity index is 0.000000311. The van der Waals surface area contributed by atoms with Gasteiger partial charge in [0.1, 0.15) is 32.5 Å². The summed E-state index contributed by atoms with van der Waals surface area (Å²) in [5.74, 6) is -5.51. The van der Waals surface area contributed by atoms with Gasteiger partial charge in [-0.3, -0.25) is 87.4 Å². The van der Waals surface area contributed by atoms with E-state index in [4.69, 9.17) is 56.8 Å². The fourth-order valence-corrected chi connectivity index (χ4v) is 13.3. The first-order valence-electron chi connectivity index (χ1n) is 36.9. The van der Waals surface area contributed by atoms with Crippen molar-refractivity contribution in [2.24, 2.45) is 0 Å². The van der Waals surface area contributed by atoms with Crippen molar-refractivity contribution in [3.05, 3.63) is 144 Å². The van der Waals surface area contributed by atoms with Gasteiger partial charge in [0.25, 0.3) is 0 Å². The maximum absolute atomic E-state index is 14.3. The van der Waals surface area contributed by atoms with Gasteiger partial charge in [0.05, 0.1) is 101 Å². The van der Waals surface area contributed by atoms with Crippen molar-refractivity contribution in [1.82, 2.24) is 49.0 Å². The molecule has 4 aliphatic heterocycles. The Morgan fingerprint density at radius 2 is 0.571 bits per heavy atom. The number of hydrogen-bond acceptors (Lipinski definition) is 32. The number of methoxy groups -OCH3 is 6. The molecule has 4 fully saturated rings. The number of rotatable bonds is 26. The van der Waals surface area contributed by atoms with E-state index in [2.05, 4.69) is 0 Å². The average molecular weight is 1570 g/mol. The second kappa shape index (κ2) is 47.2. The summed E-state index contributed by atoms with van der Waals surface area (Å²) in [6.45, 7) is 6.80. The fraction of sp³-hybridized carbons (Fsp3) is 0.538. The van der Waals surface area contributed by atoms with Gasteiger partial charge in [-0.05, 0) is 22.3 Å². The standard InChI is InChI=1S/2C39H53N5O12/c1-29(45)56-37-32(23-44(39(50)55-28-31-13-9-6-10-14-31)36(37)38(49)54-27-30-11-7-5-8-12-30)43-21-19-41(25-34(47)52-3)17-15-40(24-33(46)51-2)16-18-42(20-22-43)26-35(48)53-4;1-29(45)56-32-23-44(39(50)55-28-31-13-9-6-10-14-31)37(38(49)54-27-30-11-7-5-8-12-30)36(32)43-21-19-41(25-34(47)52-3)17-15-40(24-33(46)51-2)16-18-42(20-22-43)26-35(48)53-4/h2*5-14,32,36-37H,15-28H2,1-4H3/t32-,36+,37+;32-,36+,37-/m10/s1. The van der Waals surface area contributed by atoms with Crippen molar-refractivity contribution in [2.45, 2.75) is 76.7 Å². The highest BCUT2D eigenvalue weighted by Gasteiger charge is 2.55. The molecule has 0 radical (unpaired) electrons. The number of ether oxygens (including phenoxy) is 12. The Labute approximate surface area is 652 Å². The van der Waals surface area contributed by atoms with Crippen molar-refractivity contribution in [3.8, 4) is 0 Å². The first kappa shape index (κ1) is 89.0. The van der Waals surface area contributed by atoms with Crippen molar-refractivity contribution in [1.29, 1.82) is 0 Å². The SMILES string of the molecule is COC(=O)CN1CCN(CC(=O)OC)CCN([C@@H]2CN(C(=O)OCc3ccccc3)[C@H](C(=O)OCc3ccccc3)[C@H]2OC(C)=O)CCN(CC(=O)OC)CC1.COC(=O)CN1CCN(CC(=O)OC)CCN([C@@H]2[C@@H](OC(C)=O)CN(C(=O)OCc3ccccc3)[C@@H]2C(=O)OCc2ccccc2)CCN(CC(=O)OC)CC1. The molecule has 0 unspecified atom stereocenters. The lowest BCUT2D eigenvalue weighted by molar-refractivity contribution is -0.161. The monoisotopic (exact) mass is 1570 g/mol. The van der Waals surface area contributed by atoms with Gasteiger partial charge in [0.2, 0.25) is 0 Å². The Hall–Kier alpha value is -10.2. The predicted molar refractivity (Wildman–Crippen MR) is 399 cm³/mol. The second-order valence-corrected chi connectivity index (χ2v) is 26.9. The van der Waals surface area contributed by atoms with E-state index in [0.717, 1.165) is 22.3 Å². The lowest BCUT2D eigenvalue weighted by Gasteiger charge is -2.38. The summed E-state index contributed by atoms with van der Waals surface area (Å²) < 4.78 is 64.5. The number of likely N-dealkylation sites (tertiary alicyclic amines) is 2. The van der Waals surface area contributed by atoms with Crippen LogP contribution in [0.1, 0.15) is 36.1 Å². The van der Waals surface area contributed by atoms with Crippen LogP contribution < -0.4 is 0 Å². The minimum atomic E-state index is -1.36. The average Bonchev–Trinajstić information content (AvgIpc) is 1.63. The number of carbonyl (C=O) groups is 12. The van der Waals surface area contributed by atoms with E-state index in [1.165, 1.54) is 66.3 Å². The first-order valence-corrected chi connectivity index (χ1v) is 36.9. The highest BCUT2D eigenvalue weighted by atomic mass is 16.6. The van der Waals surface area contributed by atoms with Gasteiger partial charge in [0.15, 0.2) is 18.2 Å². The lowest BCUT2D eigenvalue weighted by atomic mass is 10.0. The molecule has 0 spiro atoms. The van der Waals surface area contributed by atoms with Crippen LogP contribution in [0, 0.1) is 0 Å². The van der Waals surface area contributed by atoms with Crippen molar-refractivity contribution >= 4 is 71.9 Å². The summed E-state index contributed by atoms with van der Waals surface area (Å²) in [5, 5.41) is 0. The molecule has 4 aromatic rings. The number of nitrogens with zero attached hydrogens (tertiary/aromatic N) is 10. The zero-order chi connectivity index (χ0) is 80.9. The number of esters is 10. The summed E-state index contributed by atoms with van der Waals surface area (Å²) in [6, 6.07) is 32.0. The second-order valence-electron chi connectivity index (χ2n) is 26.9. The van der Waals surface area contributed by atoms with E-state index in [9.17, 15) is 57.5 Å². The van der Waals surface area contributed by atoms with Crippen LogP contribution in [0.3, 0.4) is 0 Å². The molecule has 112 heavy (non-hydrogen) atoms. The highest BCUT2D eigenvalue weighted by Crippen LogP contribution is 2.32. The Bertz CT molecular complexity index is 3550. The van der Waals surface area contributed by atoms with Gasteiger partial charge >= 0.3 is 71.9 Å². The number of hydrogen-bond donors (Lipinski definition) is 0. The van der Waals surface area contributed by atoms with Crippen molar-refractivity contribution in [2.75, 3.05) is 200 Å². The molecular formula is C78H106N10O24. The molecule has 0 aliphatic carbocycles. The van der Waals surface area contributed by atoms with Crippen LogP contribution in [-0.2, 0) is 131 Å². The minimum Gasteiger partial charge on any atom is -0.468 e. The molecule has 6 atom stereocenters. The van der Waals surface area contributed by atoms with Crippen LogP contribution in [0.25, 0.3) is 0 Å². The summed E-state index contributed by atoms with van der Waals surface area (Å²) in [5.41, 5.74) is 2.93. The van der Waals surface area contributed by atoms with Gasteiger partial charge in [0, 0.05) is 125 Å². The van der Waals surface area contributed by atoms with Crippen LogP contribution in [0.15, 0.2) is 121 Å². The van der Waals surface area contributed by atoms with Crippen LogP contribution in [-0.4, -0.2) is 357 Å². The Morgan fingerprint density at radius 3 is 0.857 bits per heavy atom. The molecule has 4 aliphatic rings. The lowest BCUT2D eigenvalue weighted by Crippen LogP contribution is -2.57. The van der Waals surface area contributed by atoms with Crippen LogP contribution >= 0.6 is 0 Å². The van der Waals surface area contributed by atoms with E-state index in [-0.39, 0.29) is 118 Å². The molecule has 0 aromatic heterocycles. The van der Waals surface area contributed by atoms with Gasteiger partial charge in [-0.1, -0.05) is 121 Å². The third-order valence-corrected chi connectivity index (χ3v) is 19.4. The third-order valence-electron chi connectivity index (χ3n) is 19.4.